The van der Waals surface area contributed by atoms with Crippen LogP contribution in [0.3, 0.4) is 0 Å². The number of carbonyl (C=O) groups is 2. The van der Waals surface area contributed by atoms with Gasteiger partial charge in [-0.05, 0) is 23.8 Å². The van der Waals surface area contributed by atoms with Crippen molar-refractivity contribution >= 4 is 11.9 Å². The molecule has 1 fully saturated rings. The molecule has 0 heterocycles. The molecule has 0 aliphatic heterocycles. The quantitative estimate of drug-likeness (QED) is 0.895. The summed E-state index contributed by atoms with van der Waals surface area (Å²) in [6.45, 7) is 6.14. The summed E-state index contributed by atoms with van der Waals surface area (Å²) in [5.74, 6) is -1.33. The molecule has 4 heteroatoms. The largest absolute Gasteiger partial charge is 0.481 e. The number of benzene rings is 1. The Balaban J connectivity index is 2.09. The molecule has 4 nitrogen and oxygen atoms in total. The van der Waals surface area contributed by atoms with Crippen LogP contribution in [-0.4, -0.2) is 17.0 Å². The third-order valence-electron chi connectivity index (χ3n) is 5.32. The van der Waals surface area contributed by atoms with Gasteiger partial charge in [0.25, 0.3) is 0 Å². The summed E-state index contributed by atoms with van der Waals surface area (Å²) in [4.78, 5) is 24.0. The standard InChI is InChI=1S/C17H23NO3/c1-16(2)13(14(19)20)9-10-17(16,3)15(21)18-11-12-7-5-4-6-8-12/h4-8,13H,9-11H2,1-3H3,(H,18,21)(H,19,20)/t13-,17+/m1/s1. The number of aliphatic carboxylic acids is 1. The molecule has 1 aliphatic carbocycles. The summed E-state index contributed by atoms with van der Waals surface area (Å²) in [5.41, 5.74) is -0.162. The highest BCUT2D eigenvalue weighted by atomic mass is 16.4. The van der Waals surface area contributed by atoms with Crippen LogP contribution in [0.2, 0.25) is 0 Å². The number of hydrogen-bond acceptors (Lipinski definition) is 2. The number of hydrogen-bond donors (Lipinski definition) is 2. The van der Waals surface area contributed by atoms with E-state index in [1.54, 1.807) is 0 Å². The molecule has 0 bridgehead atoms. The smallest absolute Gasteiger partial charge is 0.307 e. The first kappa shape index (κ1) is 15.5. The van der Waals surface area contributed by atoms with Crippen LogP contribution < -0.4 is 5.32 Å². The van der Waals surface area contributed by atoms with Gasteiger partial charge in [-0.1, -0.05) is 51.1 Å². The van der Waals surface area contributed by atoms with Gasteiger partial charge < -0.3 is 10.4 Å². The molecule has 2 atom stereocenters. The molecule has 2 N–H and O–H groups in total. The fourth-order valence-corrected chi connectivity index (χ4v) is 3.31. The Morgan fingerprint density at radius 2 is 1.86 bits per heavy atom. The van der Waals surface area contributed by atoms with Gasteiger partial charge in [0.15, 0.2) is 0 Å². The van der Waals surface area contributed by atoms with Gasteiger partial charge in [0.1, 0.15) is 0 Å². The Morgan fingerprint density at radius 3 is 2.38 bits per heavy atom. The zero-order valence-corrected chi connectivity index (χ0v) is 12.8. The lowest BCUT2D eigenvalue weighted by atomic mass is 9.65. The fourth-order valence-electron chi connectivity index (χ4n) is 3.31. The van der Waals surface area contributed by atoms with E-state index in [1.807, 2.05) is 51.1 Å². The van der Waals surface area contributed by atoms with Gasteiger partial charge in [0.2, 0.25) is 5.91 Å². The first-order chi connectivity index (χ1) is 9.79. The number of nitrogens with one attached hydrogen (secondary N) is 1. The molecule has 1 aliphatic rings. The summed E-state index contributed by atoms with van der Waals surface area (Å²) in [7, 11) is 0. The molecule has 1 aromatic rings. The Labute approximate surface area is 125 Å². The Hall–Kier alpha value is -1.84. The summed E-state index contributed by atoms with van der Waals surface area (Å²) >= 11 is 0. The van der Waals surface area contributed by atoms with Crippen molar-refractivity contribution in [3.8, 4) is 0 Å². The molecule has 0 spiro atoms. The highest BCUT2D eigenvalue weighted by Gasteiger charge is 2.58. The van der Waals surface area contributed by atoms with Gasteiger partial charge in [-0.25, -0.2) is 0 Å². The maximum atomic E-state index is 12.6. The molecule has 1 saturated carbocycles. The van der Waals surface area contributed by atoms with E-state index in [-0.39, 0.29) is 5.91 Å². The van der Waals surface area contributed by atoms with Gasteiger partial charge in [0, 0.05) is 6.54 Å². The van der Waals surface area contributed by atoms with Gasteiger partial charge >= 0.3 is 5.97 Å². The van der Waals surface area contributed by atoms with E-state index in [2.05, 4.69) is 5.32 Å². The van der Waals surface area contributed by atoms with Crippen LogP contribution in [0.15, 0.2) is 30.3 Å². The molecule has 0 unspecified atom stereocenters. The van der Waals surface area contributed by atoms with Crippen LogP contribution in [0.25, 0.3) is 0 Å². The third kappa shape index (κ3) is 2.67. The zero-order valence-electron chi connectivity index (χ0n) is 12.8. The van der Waals surface area contributed by atoms with Crippen LogP contribution in [-0.2, 0) is 16.1 Å². The predicted octanol–water partition coefficient (Wildman–Crippen LogP) is 2.83. The van der Waals surface area contributed by atoms with Crippen LogP contribution in [0.4, 0.5) is 0 Å². The Morgan fingerprint density at radius 1 is 1.24 bits per heavy atom. The highest BCUT2D eigenvalue weighted by Crippen LogP contribution is 2.56. The summed E-state index contributed by atoms with van der Waals surface area (Å²) in [6.07, 6.45) is 1.16. The van der Waals surface area contributed by atoms with Crippen LogP contribution in [0.5, 0.6) is 0 Å². The van der Waals surface area contributed by atoms with E-state index in [0.717, 1.165) is 5.56 Å². The Kier molecular flexibility index (Phi) is 4.08. The van der Waals surface area contributed by atoms with E-state index >= 15 is 0 Å². The SMILES string of the molecule is CC1(C)[C@@H](C(=O)O)CC[C@@]1(C)C(=O)NCc1ccccc1. The van der Waals surface area contributed by atoms with Crippen LogP contribution in [0.1, 0.15) is 39.2 Å². The van der Waals surface area contributed by atoms with Gasteiger partial charge in [-0.2, -0.15) is 0 Å². The second-order valence-electron chi connectivity index (χ2n) is 6.65. The molecule has 1 amide bonds. The average Bonchev–Trinajstić information content (AvgIpc) is 2.69. The monoisotopic (exact) mass is 289 g/mol. The lowest BCUT2D eigenvalue weighted by Crippen LogP contribution is -2.47. The fraction of sp³-hybridized carbons (Fsp3) is 0.529. The number of carbonyl (C=O) groups excluding carboxylic acids is 1. The first-order valence-corrected chi connectivity index (χ1v) is 7.34. The van der Waals surface area contributed by atoms with E-state index in [4.69, 9.17) is 0 Å². The predicted molar refractivity (Wildman–Crippen MR) is 80.5 cm³/mol. The molecule has 0 saturated heterocycles. The number of amides is 1. The minimum atomic E-state index is -0.806. The second kappa shape index (κ2) is 5.51. The summed E-state index contributed by atoms with van der Waals surface area (Å²) in [5, 5.41) is 12.3. The van der Waals surface area contributed by atoms with Crippen molar-refractivity contribution in [3.05, 3.63) is 35.9 Å². The Bertz CT molecular complexity index is 538. The summed E-state index contributed by atoms with van der Waals surface area (Å²) < 4.78 is 0. The van der Waals surface area contributed by atoms with Crippen molar-refractivity contribution in [1.29, 1.82) is 0 Å². The van der Waals surface area contributed by atoms with Crippen molar-refractivity contribution in [1.82, 2.24) is 5.32 Å². The van der Waals surface area contributed by atoms with Crippen LogP contribution >= 0.6 is 0 Å². The summed E-state index contributed by atoms with van der Waals surface area (Å²) in [6, 6.07) is 9.72. The van der Waals surface area contributed by atoms with E-state index in [0.29, 0.717) is 19.4 Å². The molecule has 0 radical (unpaired) electrons. The lowest BCUT2D eigenvalue weighted by Gasteiger charge is -2.39. The van der Waals surface area contributed by atoms with Gasteiger partial charge in [-0.3, -0.25) is 9.59 Å². The molecule has 114 valence electrons. The highest BCUT2D eigenvalue weighted by molar-refractivity contribution is 5.85. The number of carboxylic acids is 1. The molecular weight excluding hydrogens is 266 g/mol. The molecule has 2 rings (SSSR count). The zero-order chi connectivity index (χ0) is 15.7. The second-order valence-corrected chi connectivity index (χ2v) is 6.65. The maximum absolute atomic E-state index is 12.6. The maximum Gasteiger partial charge on any atom is 0.307 e. The van der Waals surface area contributed by atoms with E-state index < -0.39 is 22.7 Å². The molecule has 21 heavy (non-hydrogen) atoms. The van der Waals surface area contributed by atoms with Crippen molar-refractivity contribution in [2.45, 2.75) is 40.2 Å². The van der Waals surface area contributed by atoms with Gasteiger partial charge in [0.05, 0.1) is 11.3 Å². The average molecular weight is 289 g/mol. The van der Waals surface area contributed by atoms with E-state index in [1.165, 1.54) is 0 Å². The van der Waals surface area contributed by atoms with Crippen molar-refractivity contribution < 1.29 is 14.7 Å². The van der Waals surface area contributed by atoms with Crippen molar-refractivity contribution in [2.75, 3.05) is 0 Å². The topological polar surface area (TPSA) is 66.4 Å². The van der Waals surface area contributed by atoms with Crippen LogP contribution in [0, 0.1) is 16.7 Å². The molecular formula is C17H23NO3. The molecule has 1 aromatic carbocycles. The number of carboxylic acid groups (broad SMARTS) is 1. The van der Waals surface area contributed by atoms with Gasteiger partial charge in [-0.15, -0.1) is 0 Å². The minimum absolute atomic E-state index is 0.0555. The lowest BCUT2D eigenvalue weighted by molar-refractivity contribution is -0.148. The minimum Gasteiger partial charge on any atom is -0.481 e. The normalized spacial score (nSPS) is 27.3. The first-order valence-electron chi connectivity index (χ1n) is 7.34. The van der Waals surface area contributed by atoms with E-state index in [9.17, 15) is 14.7 Å². The number of rotatable bonds is 4. The van der Waals surface area contributed by atoms with Crippen molar-refractivity contribution in [3.63, 3.8) is 0 Å². The third-order valence-corrected chi connectivity index (χ3v) is 5.32. The molecule has 0 aromatic heterocycles. The van der Waals surface area contributed by atoms with Crippen molar-refractivity contribution in [2.24, 2.45) is 16.7 Å².